The van der Waals surface area contributed by atoms with Crippen LogP contribution in [0.25, 0.3) is 11.0 Å². The Morgan fingerprint density at radius 2 is 2.25 bits per heavy atom. The normalized spacial score (nSPS) is 17.4. The lowest BCUT2D eigenvalue weighted by Crippen LogP contribution is -2.32. The predicted molar refractivity (Wildman–Crippen MR) is 87.2 cm³/mol. The van der Waals surface area contributed by atoms with Crippen LogP contribution in [0.3, 0.4) is 0 Å². The average molecular weight is 325 g/mol. The molecular formula is C16H19N7O. The Morgan fingerprint density at radius 1 is 1.33 bits per heavy atom. The van der Waals surface area contributed by atoms with Crippen LogP contribution in [0.15, 0.2) is 24.3 Å². The number of imidazole rings is 1. The third kappa shape index (κ3) is 2.86. The van der Waals surface area contributed by atoms with E-state index < -0.39 is 0 Å². The number of nitrogens with zero attached hydrogens (tertiary/aromatic N) is 5. The molecule has 1 amide bonds. The van der Waals surface area contributed by atoms with E-state index in [1.807, 2.05) is 24.3 Å². The van der Waals surface area contributed by atoms with E-state index in [9.17, 15) is 4.79 Å². The molecule has 3 aromatic rings. The molecule has 1 aliphatic heterocycles. The zero-order chi connectivity index (χ0) is 16.4. The van der Waals surface area contributed by atoms with Gasteiger partial charge in [0.1, 0.15) is 5.82 Å². The third-order valence-corrected chi connectivity index (χ3v) is 4.40. The van der Waals surface area contributed by atoms with Crippen LogP contribution in [0.2, 0.25) is 0 Å². The van der Waals surface area contributed by atoms with Crippen molar-refractivity contribution in [1.82, 2.24) is 35.5 Å². The highest BCUT2D eigenvalue weighted by atomic mass is 16.1. The van der Waals surface area contributed by atoms with Gasteiger partial charge in [-0.1, -0.05) is 18.6 Å². The van der Waals surface area contributed by atoms with Crippen molar-refractivity contribution in [2.75, 3.05) is 6.54 Å². The summed E-state index contributed by atoms with van der Waals surface area (Å²) in [6.45, 7) is 1.32. The standard InChI is InChI=1S/C16H19N7O/c24-16(11-5-3-4-10-23-15(11)20-21-22-23)17-9-8-14-18-12-6-1-2-7-13(12)19-14/h1-2,6-7,11H,3-5,8-10H2,(H,17,24)(H,18,19)/t11-/m1/s1. The van der Waals surface area contributed by atoms with Gasteiger partial charge >= 0.3 is 0 Å². The van der Waals surface area contributed by atoms with Crippen LogP contribution in [0.4, 0.5) is 0 Å². The lowest BCUT2D eigenvalue weighted by Gasteiger charge is -2.12. The molecule has 4 rings (SSSR count). The lowest BCUT2D eigenvalue weighted by molar-refractivity contribution is -0.122. The average Bonchev–Trinajstić information content (AvgIpc) is 3.16. The number of amides is 1. The summed E-state index contributed by atoms with van der Waals surface area (Å²) in [6.07, 6.45) is 3.45. The van der Waals surface area contributed by atoms with E-state index in [1.165, 1.54) is 0 Å². The van der Waals surface area contributed by atoms with Crippen LogP contribution >= 0.6 is 0 Å². The van der Waals surface area contributed by atoms with Crippen molar-refractivity contribution in [3.63, 3.8) is 0 Å². The summed E-state index contributed by atoms with van der Waals surface area (Å²) >= 11 is 0. The van der Waals surface area contributed by atoms with E-state index in [2.05, 4.69) is 30.8 Å². The van der Waals surface area contributed by atoms with Crippen molar-refractivity contribution in [3.8, 4) is 0 Å². The van der Waals surface area contributed by atoms with Crippen LogP contribution < -0.4 is 5.32 Å². The Kier molecular flexibility index (Phi) is 3.94. The highest BCUT2D eigenvalue weighted by Gasteiger charge is 2.28. The number of para-hydroxylation sites is 2. The second-order valence-corrected chi connectivity index (χ2v) is 6.05. The monoisotopic (exact) mass is 325 g/mol. The number of rotatable bonds is 4. The molecule has 8 nitrogen and oxygen atoms in total. The van der Waals surface area contributed by atoms with Gasteiger partial charge in [-0.25, -0.2) is 9.67 Å². The number of hydrogen-bond donors (Lipinski definition) is 2. The van der Waals surface area contributed by atoms with Crippen LogP contribution in [0.5, 0.6) is 0 Å². The Bertz CT molecular complexity index is 820. The van der Waals surface area contributed by atoms with Crippen LogP contribution in [0, 0.1) is 0 Å². The first-order valence-electron chi connectivity index (χ1n) is 8.28. The summed E-state index contributed by atoms with van der Waals surface area (Å²) < 4.78 is 1.75. The first-order valence-corrected chi connectivity index (χ1v) is 8.28. The van der Waals surface area contributed by atoms with Crippen LogP contribution in [-0.2, 0) is 17.8 Å². The summed E-state index contributed by atoms with van der Waals surface area (Å²) in [5, 5.41) is 14.7. The van der Waals surface area contributed by atoms with Gasteiger partial charge in [0, 0.05) is 19.5 Å². The number of aromatic amines is 1. The number of nitrogens with one attached hydrogen (secondary N) is 2. The summed E-state index contributed by atoms with van der Waals surface area (Å²) in [6, 6.07) is 7.91. The number of benzene rings is 1. The van der Waals surface area contributed by atoms with Crippen molar-refractivity contribution < 1.29 is 4.79 Å². The number of carbonyl (C=O) groups is 1. The first kappa shape index (κ1) is 14.8. The second-order valence-electron chi connectivity index (χ2n) is 6.05. The molecule has 0 saturated carbocycles. The van der Waals surface area contributed by atoms with E-state index >= 15 is 0 Å². The maximum absolute atomic E-state index is 12.5. The minimum Gasteiger partial charge on any atom is -0.355 e. The van der Waals surface area contributed by atoms with Crippen LogP contribution in [0.1, 0.15) is 36.8 Å². The van der Waals surface area contributed by atoms with Crippen molar-refractivity contribution >= 4 is 16.9 Å². The molecule has 0 bridgehead atoms. The summed E-state index contributed by atoms with van der Waals surface area (Å²) in [5.74, 6) is 1.28. The van der Waals surface area contributed by atoms with E-state index in [0.717, 1.165) is 42.7 Å². The van der Waals surface area contributed by atoms with E-state index in [-0.39, 0.29) is 11.8 Å². The maximum Gasteiger partial charge on any atom is 0.230 e. The van der Waals surface area contributed by atoms with Crippen molar-refractivity contribution in [3.05, 3.63) is 35.9 Å². The Morgan fingerprint density at radius 3 is 3.17 bits per heavy atom. The highest BCUT2D eigenvalue weighted by Crippen LogP contribution is 2.23. The smallest absolute Gasteiger partial charge is 0.230 e. The quantitative estimate of drug-likeness (QED) is 0.750. The molecule has 1 aliphatic rings. The Balaban J connectivity index is 1.38. The molecule has 3 heterocycles. The summed E-state index contributed by atoms with van der Waals surface area (Å²) in [4.78, 5) is 20.3. The fourth-order valence-corrected chi connectivity index (χ4v) is 3.16. The molecule has 0 aliphatic carbocycles. The largest absolute Gasteiger partial charge is 0.355 e. The van der Waals surface area contributed by atoms with Gasteiger partial charge in [0.2, 0.25) is 5.91 Å². The van der Waals surface area contributed by atoms with Crippen LogP contribution in [-0.4, -0.2) is 42.6 Å². The number of fused-ring (bicyclic) bond motifs is 2. The Hall–Kier alpha value is -2.77. The third-order valence-electron chi connectivity index (χ3n) is 4.40. The molecular weight excluding hydrogens is 306 g/mol. The maximum atomic E-state index is 12.5. The lowest BCUT2D eigenvalue weighted by atomic mass is 10.0. The molecule has 24 heavy (non-hydrogen) atoms. The van der Waals surface area contributed by atoms with Gasteiger partial charge in [0.05, 0.1) is 17.0 Å². The zero-order valence-corrected chi connectivity index (χ0v) is 13.3. The van der Waals surface area contributed by atoms with Gasteiger partial charge in [-0.05, 0) is 35.4 Å². The fourth-order valence-electron chi connectivity index (χ4n) is 3.16. The molecule has 1 aromatic carbocycles. The molecule has 124 valence electrons. The SMILES string of the molecule is O=C(NCCc1nc2ccccc2[nH]1)[C@@H]1CCCCn2nnnc21. The predicted octanol–water partition coefficient (Wildman–Crippen LogP) is 1.18. The zero-order valence-electron chi connectivity index (χ0n) is 13.3. The molecule has 8 heteroatoms. The number of aromatic nitrogens is 6. The van der Waals surface area contributed by atoms with E-state index in [1.54, 1.807) is 4.68 Å². The molecule has 0 saturated heterocycles. The van der Waals surface area contributed by atoms with Gasteiger partial charge < -0.3 is 10.3 Å². The Labute approximate surface area is 138 Å². The minimum absolute atomic E-state index is 0.0101. The number of aryl methyl sites for hydroxylation is 1. The topological polar surface area (TPSA) is 101 Å². The van der Waals surface area contributed by atoms with Gasteiger partial charge in [0.25, 0.3) is 0 Å². The van der Waals surface area contributed by atoms with Gasteiger partial charge in [-0.3, -0.25) is 4.79 Å². The summed E-state index contributed by atoms with van der Waals surface area (Å²) in [5.41, 5.74) is 1.96. The van der Waals surface area contributed by atoms with E-state index in [4.69, 9.17) is 0 Å². The highest BCUT2D eigenvalue weighted by molar-refractivity contribution is 5.82. The van der Waals surface area contributed by atoms with Gasteiger partial charge in [0.15, 0.2) is 5.82 Å². The fraction of sp³-hybridized carbons (Fsp3) is 0.438. The molecule has 0 radical (unpaired) electrons. The van der Waals surface area contributed by atoms with Crippen molar-refractivity contribution in [2.24, 2.45) is 0 Å². The number of tetrazole rings is 1. The molecule has 1 atom stereocenters. The van der Waals surface area contributed by atoms with Crippen molar-refractivity contribution in [2.45, 2.75) is 38.1 Å². The molecule has 0 fully saturated rings. The summed E-state index contributed by atoms with van der Waals surface area (Å²) in [7, 11) is 0. The van der Waals surface area contributed by atoms with Gasteiger partial charge in [-0.2, -0.15) is 0 Å². The molecule has 2 N–H and O–H groups in total. The number of carbonyl (C=O) groups excluding carboxylic acids is 1. The number of hydrogen-bond acceptors (Lipinski definition) is 5. The number of H-pyrrole nitrogens is 1. The van der Waals surface area contributed by atoms with Gasteiger partial charge in [-0.15, -0.1) is 5.10 Å². The van der Waals surface area contributed by atoms with E-state index in [0.29, 0.717) is 18.8 Å². The minimum atomic E-state index is -0.266. The first-order chi connectivity index (χ1) is 11.8. The second kappa shape index (κ2) is 6.38. The van der Waals surface area contributed by atoms with Crippen molar-refractivity contribution in [1.29, 1.82) is 0 Å². The molecule has 2 aromatic heterocycles. The molecule has 0 spiro atoms. The molecule has 0 unspecified atom stereocenters.